The van der Waals surface area contributed by atoms with Gasteiger partial charge in [-0.15, -0.1) is 0 Å². The Hall–Kier alpha value is -1.83. The van der Waals surface area contributed by atoms with Crippen molar-refractivity contribution >= 4 is 5.69 Å². The summed E-state index contributed by atoms with van der Waals surface area (Å²) in [7, 11) is 0. The Balaban J connectivity index is 2.28. The van der Waals surface area contributed by atoms with Crippen molar-refractivity contribution in [2.45, 2.75) is 13.0 Å². The molecule has 0 radical (unpaired) electrons. The molecule has 2 aromatic carbocycles. The summed E-state index contributed by atoms with van der Waals surface area (Å²) < 4.78 is 13.2. The summed E-state index contributed by atoms with van der Waals surface area (Å²) in [4.78, 5) is 0. The molecule has 1 aliphatic heterocycles. The van der Waals surface area contributed by atoms with Gasteiger partial charge in [0.25, 0.3) is 0 Å². The first-order valence-corrected chi connectivity index (χ1v) is 5.41. The molecular formula is C14H12FN. The summed E-state index contributed by atoms with van der Waals surface area (Å²) in [5.41, 5.74) is 4.42. The third kappa shape index (κ3) is 1.30. The molecule has 2 aromatic rings. The molecule has 3 rings (SSSR count). The van der Waals surface area contributed by atoms with Gasteiger partial charge < -0.3 is 5.32 Å². The minimum Gasteiger partial charge on any atom is -0.378 e. The minimum atomic E-state index is -0.174. The normalized spacial score (nSPS) is 17.2. The van der Waals surface area contributed by atoms with Crippen molar-refractivity contribution in [1.29, 1.82) is 0 Å². The zero-order chi connectivity index (χ0) is 11.1. The number of nitrogens with one attached hydrogen (secondary N) is 1. The minimum absolute atomic E-state index is 0.153. The maximum atomic E-state index is 13.2. The fourth-order valence-electron chi connectivity index (χ4n) is 2.29. The molecule has 0 amide bonds. The Morgan fingerprint density at radius 1 is 1.06 bits per heavy atom. The van der Waals surface area contributed by atoms with E-state index in [0.717, 1.165) is 22.4 Å². The van der Waals surface area contributed by atoms with Crippen LogP contribution in [0.2, 0.25) is 0 Å². The average molecular weight is 213 g/mol. The van der Waals surface area contributed by atoms with Gasteiger partial charge in [0, 0.05) is 17.3 Å². The third-order valence-corrected chi connectivity index (χ3v) is 3.07. The van der Waals surface area contributed by atoms with E-state index >= 15 is 0 Å². The number of benzene rings is 2. The van der Waals surface area contributed by atoms with E-state index in [1.54, 1.807) is 6.07 Å². The van der Waals surface area contributed by atoms with Crippen molar-refractivity contribution < 1.29 is 4.39 Å². The number of para-hydroxylation sites is 1. The van der Waals surface area contributed by atoms with Crippen LogP contribution in [-0.2, 0) is 0 Å². The van der Waals surface area contributed by atoms with Gasteiger partial charge in [-0.1, -0.05) is 24.3 Å². The lowest BCUT2D eigenvalue weighted by molar-refractivity contribution is 0.623. The fourth-order valence-corrected chi connectivity index (χ4v) is 2.29. The largest absolute Gasteiger partial charge is 0.378 e. The van der Waals surface area contributed by atoms with Gasteiger partial charge in [-0.2, -0.15) is 0 Å². The van der Waals surface area contributed by atoms with Crippen LogP contribution in [0.1, 0.15) is 18.5 Å². The van der Waals surface area contributed by atoms with Gasteiger partial charge in [0.2, 0.25) is 0 Å². The molecule has 1 N–H and O–H groups in total. The molecule has 0 aliphatic carbocycles. The second-order valence-electron chi connectivity index (χ2n) is 4.14. The number of hydrogen-bond acceptors (Lipinski definition) is 1. The highest BCUT2D eigenvalue weighted by molar-refractivity contribution is 5.83. The summed E-state index contributed by atoms with van der Waals surface area (Å²) in [6.45, 7) is 2.05. The molecule has 0 bridgehead atoms. The van der Waals surface area contributed by atoms with Crippen molar-refractivity contribution in [3.8, 4) is 11.1 Å². The maximum Gasteiger partial charge on any atom is 0.123 e. The van der Waals surface area contributed by atoms with Gasteiger partial charge in [-0.05, 0) is 36.2 Å². The Labute approximate surface area is 93.9 Å². The highest BCUT2D eigenvalue weighted by Gasteiger charge is 2.20. The molecule has 0 spiro atoms. The van der Waals surface area contributed by atoms with Gasteiger partial charge in [-0.25, -0.2) is 4.39 Å². The fraction of sp³-hybridized carbons (Fsp3) is 0.143. The number of hydrogen-bond donors (Lipinski definition) is 1. The number of anilines is 1. The molecule has 16 heavy (non-hydrogen) atoms. The van der Waals surface area contributed by atoms with Crippen LogP contribution in [0.3, 0.4) is 0 Å². The second-order valence-corrected chi connectivity index (χ2v) is 4.14. The monoisotopic (exact) mass is 213 g/mol. The van der Waals surface area contributed by atoms with Crippen LogP contribution in [0, 0.1) is 5.82 Å². The number of halogens is 1. The van der Waals surface area contributed by atoms with Crippen LogP contribution in [0.4, 0.5) is 10.1 Å². The number of rotatable bonds is 0. The molecule has 0 saturated carbocycles. The maximum absolute atomic E-state index is 13.2. The number of fused-ring (bicyclic) bond motifs is 3. The standard InChI is InChI=1S/C14H12FN/c1-9-13-8-10(15)6-7-11(13)12-4-2-3-5-14(12)16-9/h2-9,16H,1H3. The molecule has 1 nitrogen and oxygen atoms in total. The third-order valence-electron chi connectivity index (χ3n) is 3.07. The summed E-state index contributed by atoms with van der Waals surface area (Å²) in [5.74, 6) is -0.174. The lowest BCUT2D eigenvalue weighted by Gasteiger charge is -2.27. The van der Waals surface area contributed by atoms with Gasteiger partial charge in [0.1, 0.15) is 5.82 Å². The van der Waals surface area contributed by atoms with Crippen LogP contribution in [0.5, 0.6) is 0 Å². The first kappa shape index (κ1) is 9.40. The predicted octanol–water partition coefficient (Wildman–Crippen LogP) is 3.98. The highest BCUT2D eigenvalue weighted by Crippen LogP contribution is 2.40. The van der Waals surface area contributed by atoms with Crippen LogP contribution < -0.4 is 5.32 Å². The average Bonchev–Trinajstić information content (AvgIpc) is 2.29. The summed E-state index contributed by atoms with van der Waals surface area (Å²) in [6.07, 6.45) is 0. The zero-order valence-electron chi connectivity index (χ0n) is 9.00. The molecular weight excluding hydrogens is 201 g/mol. The van der Waals surface area contributed by atoms with Crippen LogP contribution >= 0.6 is 0 Å². The molecule has 2 heteroatoms. The first-order chi connectivity index (χ1) is 7.75. The Morgan fingerprint density at radius 3 is 2.75 bits per heavy atom. The molecule has 0 saturated heterocycles. The SMILES string of the molecule is CC1Nc2ccccc2-c2ccc(F)cc21. The Kier molecular flexibility index (Phi) is 1.96. The van der Waals surface area contributed by atoms with Crippen molar-refractivity contribution in [3.63, 3.8) is 0 Å². The lowest BCUT2D eigenvalue weighted by Crippen LogP contribution is -2.13. The van der Waals surface area contributed by atoms with E-state index < -0.39 is 0 Å². The van der Waals surface area contributed by atoms with Gasteiger partial charge in [0.05, 0.1) is 0 Å². The zero-order valence-corrected chi connectivity index (χ0v) is 9.00. The topological polar surface area (TPSA) is 12.0 Å². The van der Waals surface area contributed by atoms with Crippen molar-refractivity contribution in [1.82, 2.24) is 0 Å². The van der Waals surface area contributed by atoms with Gasteiger partial charge >= 0.3 is 0 Å². The van der Waals surface area contributed by atoms with Crippen LogP contribution in [-0.4, -0.2) is 0 Å². The van der Waals surface area contributed by atoms with Gasteiger partial charge in [-0.3, -0.25) is 0 Å². The summed E-state index contributed by atoms with van der Waals surface area (Å²) in [6, 6.07) is 13.3. The van der Waals surface area contributed by atoms with E-state index in [-0.39, 0.29) is 11.9 Å². The first-order valence-electron chi connectivity index (χ1n) is 5.41. The van der Waals surface area contributed by atoms with Crippen molar-refractivity contribution in [3.05, 3.63) is 53.8 Å². The molecule has 80 valence electrons. The van der Waals surface area contributed by atoms with Crippen LogP contribution in [0.15, 0.2) is 42.5 Å². The molecule has 1 atom stereocenters. The molecule has 0 fully saturated rings. The van der Waals surface area contributed by atoms with E-state index in [2.05, 4.69) is 17.4 Å². The smallest absolute Gasteiger partial charge is 0.123 e. The van der Waals surface area contributed by atoms with E-state index in [4.69, 9.17) is 0 Å². The van der Waals surface area contributed by atoms with E-state index in [9.17, 15) is 4.39 Å². The molecule has 1 unspecified atom stereocenters. The van der Waals surface area contributed by atoms with Gasteiger partial charge in [0.15, 0.2) is 0 Å². The molecule has 1 heterocycles. The molecule has 0 aromatic heterocycles. The predicted molar refractivity (Wildman–Crippen MR) is 63.9 cm³/mol. The van der Waals surface area contributed by atoms with E-state index in [1.165, 1.54) is 6.07 Å². The van der Waals surface area contributed by atoms with E-state index in [0.29, 0.717) is 0 Å². The summed E-state index contributed by atoms with van der Waals surface area (Å²) >= 11 is 0. The quantitative estimate of drug-likeness (QED) is 0.698. The van der Waals surface area contributed by atoms with Crippen LogP contribution in [0.25, 0.3) is 11.1 Å². The van der Waals surface area contributed by atoms with Crippen molar-refractivity contribution in [2.75, 3.05) is 5.32 Å². The van der Waals surface area contributed by atoms with E-state index in [1.807, 2.05) is 25.1 Å². The Morgan fingerprint density at radius 2 is 1.88 bits per heavy atom. The van der Waals surface area contributed by atoms with Crippen molar-refractivity contribution in [2.24, 2.45) is 0 Å². The Bertz CT molecular complexity index is 548. The lowest BCUT2D eigenvalue weighted by atomic mass is 9.90. The molecule has 1 aliphatic rings. The second kappa shape index (κ2) is 3.34. The highest BCUT2D eigenvalue weighted by atomic mass is 19.1. The summed E-state index contributed by atoms with van der Waals surface area (Å²) in [5, 5.41) is 3.38.